The molecule has 1 aromatic carbocycles. The Kier molecular flexibility index (Phi) is 6.44. The first-order valence-electron chi connectivity index (χ1n) is 8.28. The maximum Gasteiger partial charge on any atom is 0.417 e. The van der Waals surface area contributed by atoms with Gasteiger partial charge in [0.25, 0.3) is 5.56 Å². The number of halogens is 6. The largest absolute Gasteiger partial charge is 0.417 e. The van der Waals surface area contributed by atoms with Crippen LogP contribution in [0.4, 0.5) is 19.0 Å². The Labute approximate surface area is 182 Å². The third-order valence-electron chi connectivity index (χ3n) is 4.02. The summed E-state index contributed by atoms with van der Waals surface area (Å²) in [5.41, 5.74) is -1.41. The van der Waals surface area contributed by atoms with E-state index in [1.165, 1.54) is 16.9 Å². The Hall–Kier alpha value is -2.49. The normalized spacial score (nSPS) is 11.5. The Morgan fingerprint density at radius 2 is 1.87 bits per heavy atom. The Bertz CT molecular complexity index is 1160. The summed E-state index contributed by atoms with van der Waals surface area (Å²) in [6.07, 6.45) is -2.76. The molecule has 0 fully saturated rings. The summed E-state index contributed by atoms with van der Waals surface area (Å²) >= 11 is 17.7. The van der Waals surface area contributed by atoms with E-state index < -0.39 is 34.8 Å². The van der Waals surface area contributed by atoms with Crippen LogP contribution < -0.4 is 10.9 Å². The predicted molar refractivity (Wildman–Crippen MR) is 107 cm³/mol. The van der Waals surface area contributed by atoms with Crippen LogP contribution in [-0.2, 0) is 24.1 Å². The summed E-state index contributed by atoms with van der Waals surface area (Å²) in [6.45, 7) is -0.497. The second-order valence-electron chi connectivity index (χ2n) is 6.14. The average molecular weight is 480 g/mol. The lowest BCUT2D eigenvalue weighted by molar-refractivity contribution is -0.138. The van der Waals surface area contributed by atoms with E-state index in [9.17, 15) is 22.8 Å². The van der Waals surface area contributed by atoms with E-state index in [1.54, 1.807) is 18.2 Å². The molecule has 0 saturated carbocycles. The lowest BCUT2D eigenvalue weighted by Gasteiger charge is -2.13. The number of aromatic nitrogens is 3. The highest BCUT2D eigenvalue weighted by Gasteiger charge is 2.32. The predicted octanol–water partition coefficient (Wildman–Crippen LogP) is 4.71. The molecular formula is C18H12Cl3F3N4O2. The first-order chi connectivity index (χ1) is 14.1. The molecule has 0 atom stereocenters. The van der Waals surface area contributed by atoms with Gasteiger partial charge in [-0.05, 0) is 17.7 Å². The quantitative estimate of drug-likeness (QED) is 0.576. The highest BCUT2D eigenvalue weighted by Crippen LogP contribution is 2.30. The van der Waals surface area contributed by atoms with Gasteiger partial charge < -0.3 is 9.88 Å². The van der Waals surface area contributed by atoms with Gasteiger partial charge in [0.2, 0.25) is 5.91 Å². The van der Waals surface area contributed by atoms with Gasteiger partial charge in [-0.2, -0.15) is 18.3 Å². The van der Waals surface area contributed by atoms with Gasteiger partial charge in [0.15, 0.2) is 0 Å². The van der Waals surface area contributed by atoms with Gasteiger partial charge in [0, 0.05) is 12.3 Å². The number of carbonyl (C=O) groups excluding carboxylic acids is 1. The van der Waals surface area contributed by atoms with Gasteiger partial charge in [0.05, 0.1) is 28.4 Å². The number of hydrogen-bond acceptors (Lipinski definition) is 3. The molecule has 6 nitrogen and oxygen atoms in total. The third kappa shape index (κ3) is 4.97. The molecule has 30 heavy (non-hydrogen) atoms. The smallest absolute Gasteiger partial charge is 0.309 e. The summed E-state index contributed by atoms with van der Waals surface area (Å²) in [4.78, 5) is 24.3. The lowest BCUT2D eigenvalue weighted by atomic mass is 10.2. The van der Waals surface area contributed by atoms with Crippen molar-refractivity contribution in [3.8, 4) is 0 Å². The van der Waals surface area contributed by atoms with Crippen LogP contribution in [0.5, 0.6) is 0 Å². The molecule has 3 rings (SSSR count). The summed E-state index contributed by atoms with van der Waals surface area (Å²) < 4.78 is 40.8. The van der Waals surface area contributed by atoms with Crippen molar-refractivity contribution in [3.05, 3.63) is 79.3 Å². The minimum atomic E-state index is -4.72. The summed E-state index contributed by atoms with van der Waals surface area (Å²) in [6, 6.07) is 7.05. The van der Waals surface area contributed by atoms with Crippen LogP contribution in [0, 0.1) is 0 Å². The van der Waals surface area contributed by atoms with Crippen LogP contribution in [0.15, 0.2) is 47.5 Å². The Morgan fingerprint density at radius 3 is 2.57 bits per heavy atom. The Morgan fingerprint density at radius 1 is 1.13 bits per heavy atom. The fourth-order valence-corrected chi connectivity index (χ4v) is 3.21. The second kappa shape index (κ2) is 8.71. The molecule has 1 N–H and O–H groups in total. The number of rotatable bonds is 5. The minimum Gasteiger partial charge on any atom is -0.309 e. The maximum absolute atomic E-state index is 12.9. The summed E-state index contributed by atoms with van der Waals surface area (Å²) in [5, 5.41) is 6.63. The zero-order chi connectivity index (χ0) is 22.1. The van der Waals surface area contributed by atoms with E-state index in [4.69, 9.17) is 34.8 Å². The molecule has 3 aromatic rings. The number of nitrogens with zero attached hydrogens (tertiary/aromatic N) is 3. The van der Waals surface area contributed by atoms with Crippen molar-refractivity contribution in [2.75, 3.05) is 5.32 Å². The van der Waals surface area contributed by atoms with Crippen molar-refractivity contribution in [2.45, 2.75) is 19.3 Å². The zero-order valence-electron chi connectivity index (χ0n) is 14.9. The third-order valence-corrected chi connectivity index (χ3v) is 5.15. The van der Waals surface area contributed by atoms with Crippen molar-refractivity contribution in [2.24, 2.45) is 0 Å². The number of hydrogen-bond donors (Lipinski definition) is 1. The van der Waals surface area contributed by atoms with Gasteiger partial charge in [0.1, 0.15) is 17.4 Å². The minimum absolute atomic E-state index is 0.178. The Balaban J connectivity index is 1.79. The molecule has 0 bridgehead atoms. The highest BCUT2D eigenvalue weighted by atomic mass is 35.5. The van der Waals surface area contributed by atoms with E-state index in [0.29, 0.717) is 32.4 Å². The van der Waals surface area contributed by atoms with E-state index >= 15 is 0 Å². The van der Waals surface area contributed by atoms with E-state index in [1.807, 2.05) is 0 Å². The number of anilines is 1. The van der Waals surface area contributed by atoms with E-state index in [-0.39, 0.29) is 12.4 Å². The van der Waals surface area contributed by atoms with Gasteiger partial charge in [-0.15, -0.1) is 0 Å². The summed E-state index contributed by atoms with van der Waals surface area (Å²) in [7, 11) is 0. The number of alkyl halides is 3. The van der Waals surface area contributed by atoms with Gasteiger partial charge in [-0.3, -0.25) is 9.59 Å². The molecule has 12 heteroatoms. The van der Waals surface area contributed by atoms with Crippen molar-refractivity contribution < 1.29 is 18.0 Å². The standard InChI is InChI=1S/C18H12Cl3F3N4O2/c19-12-3-1-2-10(16(12)21)7-28-14(4-5-25-28)26-15(29)9-27-8-11(18(22,23)24)6-13(20)17(27)30/h1-6,8H,7,9H2,(H,26,29). The number of benzene rings is 1. The number of nitrogens with one attached hydrogen (secondary N) is 1. The van der Waals surface area contributed by atoms with Crippen molar-refractivity contribution in [1.82, 2.24) is 14.3 Å². The highest BCUT2D eigenvalue weighted by molar-refractivity contribution is 6.42. The van der Waals surface area contributed by atoms with Crippen LogP contribution in [0.25, 0.3) is 0 Å². The maximum atomic E-state index is 12.9. The van der Waals surface area contributed by atoms with Crippen LogP contribution in [-0.4, -0.2) is 20.3 Å². The van der Waals surface area contributed by atoms with E-state index in [0.717, 1.165) is 0 Å². The number of pyridine rings is 1. The molecule has 0 unspecified atom stereocenters. The monoisotopic (exact) mass is 478 g/mol. The van der Waals surface area contributed by atoms with E-state index in [2.05, 4.69) is 10.4 Å². The molecule has 158 valence electrons. The topological polar surface area (TPSA) is 68.9 Å². The van der Waals surface area contributed by atoms with Gasteiger partial charge >= 0.3 is 6.18 Å². The zero-order valence-corrected chi connectivity index (χ0v) is 17.1. The van der Waals surface area contributed by atoms with Crippen molar-refractivity contribution >= 4 is 46.5 Å². The molecular weight excluding hydrogens is 468 g/mol. The number of carbonyl (C=O) groups is 1. The van der Waals surface area contributed by atoms with Crippen LogP contribution in [0.2, 0.25) is 15.1 Å². The molecule has 2 aromatic heterocycles. The molecule has 0 aliphatic rings. The van der Waals surface area contributed by atoms with Gasteiger partial charge in [-0.1, -0.05) is 46.9 Å². The molecule has 2 heterocycles. The van der Waals surface area contributed by atoms with Crippen LogP contribution in [0.3, 0.4) is 0 Å². The SMILES string of the molecule is O=C(Cn1cc(C(F)(F)F)cc(Cl)c1=O)Nc1ccnn1Cc1cccc(Cl)c1Cl. The molecule has 0 spiro atoms. The van der Waals surface area contributed by atoms with Gasteiger partial charge in [-0.25, -0.2) is 4.68 Å². The van der Waals surface area contributed by atoms with Crippen molar-refractivity contribution in [1.29, 1.82) is 0 Å². The molecule has 0 aliphatic carbocycles. The molecule has 0 saturated heterocycles. The second-order valence-corrected chi connectivity index (χ2v) is 7.34. The average Bonchev–Trinajstić information content (AvgIpc) is 3.08. The first-order valence-corrected chi connectivity index (χ1v) is 9.41. The fourth-order valence-electron chi connectivity index (χ4n) is 2.61. The lowest BCUT2D eigenvalue weighted by Crippen LogP contribution is -2.29. The first kappa shape index (κ1) is 22.2. The summed E-state index contributed by atoms with van der Waals surface area (Å²) in [5.74, 6) is -0.492. The molecule has 0 aliphatic heterocycles. The number of amides is 1. The van der Waals surface area contributed by atoms with Crippen LogP contribution >= 0.6 is 34.8 Å². The van der Waals surface area contributed by atoms with Crippen molar-refractivity contribution in [3.63, 3.8) is 0 Å². The van der Waals surface area contributed by atoms with Crippen LogP contribution in [0.1, 0.15) is 11.1 Å². The molecule has 0 radical (unpaired) electrons. The fraction of sp³-hybridized carbons (Fsp3) is 0.167. The molecule has 1 amide bonds.